The Bertz CT molecular complexity index is 1580. The standard InChI is InChI=1S/C27H22N2O4S/c1-15-4-11-22-24(12-15)34-27(29-22)18-5-7-19(8-6-18)28-26(31)17(3)32-20-9-10-21-16(2)13-25(30)33-23(21)14-20/h4-14,17H,1-3H3,(H,28,31). The number of carbonyl (C=O) groups excluding carboxylic acids is 1. The van der Waals surface area contributed by atoms with E-state index in [1.807, 2.05) is 43.3 Å². The molecule has 0 spiro atoms. The number of ether oxygens (including phenoxy) is 1. The van der Waals surface area contributed by atoms with Crippen LogP contribution in [0.25, 0.3) is 31.8 Å². The number of anilines is 1. The zero-order valence-electron chi connectivity index (χ0n) is 18.9. The first-order valence-electron chi connectivity index (χ1n) is 10.9. The van der Waals surface area contributed by atoms with Crippen molar-refractivity contribution < 1.29 is 13.9 Å². The van der Waals surface area contributed by atoms with Crippen LogP contribution in [0.15, 0.2) is 75.9 Å². The van der Waals surface area contributed by atoms with Crippen molar-refractivity contribution in [3.05, 3.63) is 88.3 Å². The van der Waals surface area contributed by atoms with Crippen LogP contribution in [0, 0.1) is 13.8 Å². The molecule has 5 aromatic rings. The molecule has 2 heterocycles. The molecule has 0 fully saturated rings. The van der Waals surface area contributed by atoms with E-state index in [-0.39, 0.29) is 5.91 Å². The molecule has 0 bridgehead atoms. The summed E-state index contributed by atoms with van der Waals surface area (Å²) in [6.45, 7) is 5.59. The lowest BCUT2D eigenvalue weighted by molar-refractivity contribution is -0.122. The van der Waals surface area contributed by atoms with E-state index in [4.69, 9.17) is 14.1 Å². The predicted molar refractivity (Wildman–Crippen MR) is 136 cm³/mol. The molecule has 6 nitrogen and oxygen atoms in total. The number of nitrogens with one attached hydrogen (secondary N) is 1. The van der Waals surface area contributed by atoms with E-state index in [2.05, 4.69) is 24.4 Å². The molecule has 1 unspecified atom stereocenters. The van der Waals surface area contributed by atoms with Gasteiger partial charge in [-0.15, -0.1) is 11.3 Å². The maximum Gasteiger partial charge on any atom is 0.336 e. The summed E-state index contributed by atoms with van der Waals surface area (Å²) in [4.78, 5) is 29.0. The summed E-state index contributed by atoms with van der Waals surface area (Å²) in [5.41, 5.74) is 4.69. The summed E-state index contributed by atoms with van der Waals surface area (Å²) in [7, 11) is 0. The van der Waals surface area contributed by atoms with Gasteiger partial charge in [-0.1, -0.05) is 6.07 Å². The van der Waals surface area contributed by atoms with Crippen LogP contribution >= 0.6 is 11.3 Å². The minimum atomic E-state index is -0.749. The van der Waals surface area contributed by atoms with Gasteiger partial charge < -0.3 is 14.5 Å². The SMILES string of the molecule is Cc1ccc2nc(-c3ccc(NC(=O)C(C)Oc4ccc5c(C)cc(=O)oc5c4)cc3)sc2c1. The lowest BCUT2D eigenvalue weighted by Crippen LogP contribution is -2.30. The first kappa shape index (κ1) is 21.9. The molecular weight excluding hydrogens is 448 g/mol. The van der Waals surface area contributed by atoms with E-state index in [0.29, 0.717) is 17.0 Å². The summed E-state index contributed by atoms with van der Waals surface area (Å²) in [6, 6.07) is 20.5. The van der Waals surface area contributed by atoms with Crippen LogP contribution in [0.2, 0.25) is 0 Å². The van der Waals surface area contributed by atoms with Crippen molar-refractivity contribution in [1.29, 1.82) is 0 Å². The lowest BCUT2D eigenvalue weighted by atomic mass is 10.1. The minimum absolute atomic E-state index is 0.283. The first-order chi connectivity index (χ1) is 16.4. The molecule has 1 amide bonds. The van der Waals surface area contributed by atoms with Crippen LogP contribution in [0.4, 0.5) is 5.69 Å². The van der Waals surface area contributed by atoms with Crippen molar-refractivity contribution in [1.82, 2.24) is 4.98 Å². The topological polar surface area (TPSA) is 81.4 Å². The summed E-state index contributed by atoms with van der Waals surface area (Å²) < 4.78 is 12.2. The predicted octanol–water partition coefficient (Wildman–Crippen LogP) is 6.09. The molecule has 0 saturated heterocycles. The van der Waals surface area contributed by atoms with Crippen molar-refractivity contribution in [2.75, 3.05) is 5.32 Å². The van der Waals surface area contributed by atoms with Gasteiger partial charge in [0.05, 0.1) is 10.2 Å². The van der Waals surface area contributed by atoms with Gasteiger partial charge in [0.15, 0.2) is 6.10 Å². The third-order valence-corrected chi connectivity index (χ3v) is 6.62. The average Bonchev–Trinajstić information content (AvgIpc) is 3.22. The maximum atomic E-state index is 12.7. The normalized spacial score (nSPS) is 12.1. The Labute approximate surface area is 199 Å². The number of hydrogen-bond acceptors (Lipinski definition) is 6. The van der Waals surface area contributed by atoms with Gasteiger partial charge >= 0.3 is 5.63 Å². The van der Waals surface area contributed by atoms with Crippen LogP contribution in [0.5, 0.6) is 5.75 Å². The third-order valence-electron chi connectivity index (χ3n) is 5.55. The van der Waals surface area contributed by atoms with E-state index < -0.39 is 11.7 Å². The molecule has 34 heavy (non-hydrogen) atoms. The van der Waals surface area contributed by atoms with Gasteiger partial charge in [-0.3, -0.25) is 4.79 Å². The van der Waals surface area contributed by atoms with Gasteiger partial charge in [-0.25, -0.2) is 9.78 Å². The molecular formula is C27H22N2O4S. The number of thiazole rings is 1. The number of amides is 1. The van der Waals surface area contributed by atoms with Crippen LogP contribution in [-0.4, -0.2) is 17.0 Å². The lowest BCUT2D eigenvalue weighted by Gasteiger charge is -2.15. The molecule has 0 aliphatic rings. The Morgan fingerprint density at radius 2 is 1.82 bits per heavy atom. The molecule has 0 saturated carbocycles. The number of carbonyl (C=O) groups is 1. The van der Waals surface area contributed by atoms with Crippen LogP contribution in [-0.2, 0) is 4.79 Å². The molecule has 1 atom stereocenters. The fourth-order valence-corrected chi connectivity index (χ4v) is 4.80. The minimum Gasteiger partial charge on any atom is -0.481 e. The zero-order chi connectivity index (χ0) is 23.8. The highest BCUT2D eigenvalue weighted by molar-refractivity contribution is 7.21. The number of aryl methyl sites for hydroxylation is 2. The molecule has 5 rings (SSSR count). The summed E-state index contributed by atoms with van der Waals surface area (Å²) in [6.07, 6.45) is -0.749. The summed E-state index contributed by atoms with van der Waals surface area (Å²) in [5, 5.41) is 4.64. The van der Waals surface area contributed by atoms with E-state index in [9.17, 15) is 9.59 Å². The molecule has 3 aromatic carbocycles. The zero-order valence-corrected chi connectivity index (χ0v) is 19.7. The molecule has 0 radical (unpaired) electrons. The number of aromatic nitrogens is 1. The maximum absolute atomic E-state index is 12.7. The van der Waals surface area contributed by atoms with E-state index in [1.54, 1.807) is 30.4 Å². The van der Waals surface area contributed by atoms with Crippen LogP contribution in [0.1, 0.15) is 18.1 Å². The number of hydrogen-bond donors (Lipinski definition) is 1. The summed E-state index contributed by atoms with van der Waals surface area (Å²) in [5.74, 6) is 0.166. The van der Waals surface area contributed by atoms with Crippen LogP contribution in [0.3, 0.4) is 0 Å². The van der Waals surface area contributed by atoms with Crippen molar-refractivity contribution in [3.8, 4) is 16.3 Å². The Balaban J connectivity index is 1.27. The number of benzene rings is 3. The highest BCUT2D eigenvalue weighted by Gasteiger charge is 2.16. The third kappa shape index (κ3) is 4.43. The van der Waals surface area contributed by atoms with Crippen molar-refractivity contribution in [3.63, 3.8) is 0 Å². The second kappa shape index (κ2) is 8.76. The number of rotatable bonds is 5. The quantitative estimate of drug-likeness (QED) is 0.314. The highest BCUT2D eigenvalue weighted by Crippen LogP contribution is 2.31. The van der Waals surface area contributed by atoms with Gasteiger partial charge in [-0.05, 0) is 80.4 Å². The van der Waals surface area contributed by atoms with Gasteiger partial charge in [0.2, 0.25) is 0 Å². The second-order valence-electron chi connectivity index (χ2n) is 8.22. The Morgan fingerprint density at radius 3 is 2.62 bits per heavy atom. The average molecular weight is 471 g/mol. The van der Waals surface area contributed by atoms with Gasteiger partial charge in [0, 0.05) is 28.8 Å². The monoisotopic (exact) mass is 470 g/mol. The smallest absolute Gasteiger partial charge is 0.336 e. The molecule has 1 N–H and O–H groups in total. The first-order valence-corrected chi connectivity index (χ1v) is 11.7. The van der Waals surface area contributed by atoms with Crippen molar-refractivity contribution >= 4 is 44.1 Å². The Morgan fingerprint density at radius 1 is 1.03 bits per heavy atom. The number of nitrogens with zero attached hydrogens (tertiary/aromatic N) is 1. The van der Waals surface area contributed by atoms with E-state index >= 15 is 0 Å². The van der Waals surface area contributed by atoms with Crippen LogP contribution < -0.4 is 15.7 Å². The van der Waals surface area contributed by atoms with Gasteiger partial charge in [0.1, 0.15) is 16.3 Å². The number of fused-ring (bicyclic) bond motifs is 2. The highest BCUT2D eigenvalue weighted by atomic mass is 32.1. The largest absolute Gasteiger partial charge is 0.481 e. The van der Waals surface area contributed by atoms with Gasteiger partial charge in [-0.2, -0.15) is 0 Å². The molecule has 0 aliphatic carbocycles. The molecule has 7 heteroatoms. The van der Waals surface area contributed by atoms with E-state index in [1.165, 1.54) is 11.6 Å². The fraction of sp³-hybridized carbons (Fsp3) is 0.148. The Kier molecular flexibility index (Phi) is 5.63. The van der Waals surface area contributed by atoms with E-state index in [0.717, 1.165) is 31.7 Å². The summed E-state index contributed by atoms with van der Waals surface area (Å²) >= 11 is 1.65. The van der Waals surface area contributed by atoms with Crippen molar-refractivity contribution in [2.45, 2.75) is 26.9 Å². The van der Waals surface area contributed by atoms with Crippen molar-refractivity contribution in [2.24, 2.45) is 0 Å². The molecule has 0 aliphatic heterocycles. The Hall–Kier alpha value is -3.97. The van der Waals surface area contributed by atoms with Gasteiger partial charge in [0.25, 0.3) is 5.91 Å². The molecule has 170 valence electrons. The second-order valence-corrected chi connectivity index (χ2v) is 9.25. The molecule has 2 aromatic heterocycles. The fourth-order valence-electron chi connectivity index (χ4n) is 3.73.